The standard InChI is InChI=1S/C20H19N3O5S/c21-9-10-29-16-8-4-3-7-15(16)22-17(24)12-28-18(25)11-23-19(26)13-5-1-2-6-14(13)20(23)27/h1-4,7-8,13-14H,5-6,10-12H2,(H,22,24)/t13-,14-/m1/s1. The van der Waals surface area contributed by atoms with Crippen LogP contribution < -0.4 is 5.32 Å². The van der Waals surface area contributed by atoms with Crippen LogP contribution in [0.5, 0.6) is 0 Å². The Balaban J connectivity index is 1.50. The van der Waals surface area contributed by atoms with Gasteiger partial charge in [0.05, 0.1) is 29.3 Å². The molecule has 2 aliphatic rings. The molecule has 150 valence electrons. The Hall–Kier alpha value is -3.12. The minimum Gasteiger partial charge on any atom is -0.454 e. The molecule has 2 atom stereocenters. The van der Waals surface area contributed by atoms with Gasteiger partial charge in [-0.1, -0.05) is 24.3 Å². The predicted molar refractivity (Wildman–Crippen MR) is 104 cm³/mol. The molecule has 0 bridgehead atoms. The number of carbonyl (C=O) groups is 4. The SMILES string of the molecule is N#CCSc1ccccc1NC(=O)COC(=O)CN1C(=O)[C@@H]2CC=CC[C@H]2C1=O. The molecule has 0 saturated carbocycles. The molecule has 3 rings (SSSR count). The minimum atomic E-state index is -0.819. The first-order chi connectivity index (χ1) is 14.0. The van der Waals surface area contributed by atoms with E-state index in [0.717, 1.165) is 9.80 Å². The van der Waals surface area contributed by atoms with Gasteiger partial charge in [-0.2, -0.15) is 5.26 Å². The molecule has 0 radical (unpaired) electrons. The molecule has 1 aliphatic heterocycles. The first-order valence-corrected chi connectivity index (χ1v) is 10.0. The first kappa shape index (κ1) is 20.6. The van der Waals surface area contributed by atoms with Crippen molar-refractivity contribution in [1.82, 2.24) is 4.90 Å². The highest BCUT2D eigenvalue weighted by Crippen LogP contribution is 2.34. The van der Waals surface area contributed by atoms with Crippen molar-refractivity contribution in [2.24, 2.45) is 11.8 Å². The van der Waals surface area contributed by atoms with Gasteiger partial charge in [0.1, 0.15) is 6.54 Å². The number of allylic oxidation sites excluding steroid dienone is 2. The van der Waals surface area contributed by atoms with Crippen molar-refractivity contribution < 1.29 is 23.9 Å². The van der Waals surface area contributed by atoms with Gasteiger partial charge < -0.3 is 10.1 Å². The number of anilines is 1. The zero-order valence-electron chi connectivity index (χ0n) is 15.5. The summed E-state index contributed by atoms with van der Waals surface area (Å²) in [4.78, 5) is 50.5. The first-order valence-electron chi connectivity index (χ1n) is 9.05. The number of hydrogen-bond acceptors (Lipinski definition) is 7. The van der Waals surface area contributed by atoms with E-state index in [-0.39, 0.29) is 17.6 Å². The molecular formula is C20H19N3O5S. The van der Waals surface area contributed by atoms with Gasteiger partial charge in [0, 0.05) is 4.90 Å². The lowest BCUT2D eigenvalue weighted by Crippen LogP contribution is -2.37. The maximum Gasteiger partial charge on any atom is 0.326 e. The van der Waals surface area contributed by atoms with Gasteiger partial charge >= 0.3 is 5.97 Å². The number of hydrogen-bond donors (Lipinski definition) is 1. The van der Waals surface area contributed by atoms with E-state index < -0.39 is 36.9 Å². The third-order valence-corrected chi connectivity index (χ3v) is 5.64. The Morgan fingerprint density at radius 3 is 2.48 bits per heavy atom. The summed E-state index contributed by atoms with van der Waals surface area (Å²) in [5.74, 6) is -2.70. The molecule has 8 nitrogen and oxygen atoms in total. The lowest BCUT2D eigenvalue weighted by Gasteiger charge is -2.14. The molecule has 9 heteroatoms. The molecule has 29 heavy (non-hydrogen) atoms. The topological polar surface area (TPSA) is 117 Å². The summed E-state index contributed by atoms with van der Waals surface area (Å²) in [5, 5.41) is 11.3. The number of imide groups is 1. The number of nitrogens with zero attached hydrogens (tertiary/aromatic N) is 2. The molecule has 1 saturated heterocycles. The number of esters is 1. The molecule has 1 fully saturated rings. The summed E-state index contributed by atoms with van der Waals surface area (Å²) in [6.45, 7) is -1.03. The highest BCUT2D eigenvalue weighted by Gasteiger charge is 2.47. The normalized spacial score (nSPS) is 20.2. The number of thioether (sulfide) groups is 1. The van der Waals surface area contributed by atoms with Crippen LogP contribution in [0.15, 0.2) is 41.3 Å². The number of para-hydroxylation sites is 1. The summed E-state index contributed by atoms with van der Waals surface area (Å²) in [6.07, 6.45) is 4.72. The van der Waals surface area contributed by atoms with E-state index in [1.807, 2.05) is 18.2 Å². The number of benzene rings is 1. The second kappa shape index (κ2) is 9.39. The number of ether oxygens (including phenoxy) is 1. The maximum atomic E-state index is 12.3. The zero-order valence-corrected chi connectivity index (χ0v) is 16.3. The van der Waals surface area contributed by atoms with Gasteiger partial charge in [-0.3, -0.25) is 24.1 Å². The molecule has 1 aromatic carbocycles. The summed E-state index contributed by atoms with van der Waals surface area (Å²) in [6, 6.07) is 8.98. The molecule has 1 aliphatic carbocycles. The fraction of sp³-hybridized carbons (Fsp3) is 0.350. The van der Waals surface area contributed by atoms with Crippen LogP contribution in [0.1, 0.15) is 12.8 Å². The maximum absolute atomic E-state index is 12.3. The van der Waals surface area contributed by atoms with Crippen molar-refractivity contribution in [3.8, 4) is 6.07 Å². The van der Waals surface area contributed by atoms with Crippen molar-refractivity contribution in [2.45, 2.75) is 17.7 Å². The van der Waals surface area contributed by atoms with Crippen molar-refractivity contribution in [2.75, 3.05) is 24.2 Å². The highest BCUT2D eigenvalue weighted by atomic mass is 32.2. The van der Waals surface area contributed by atoms with Crippen LogP contribution in [-0.2, 0) is 23.9 Å². The molecule has 1 heterocycles. The second-order valence-electron chi connectivity index (χ2n) is 6.57. The van der Waals surface area contributed by atoms with Gasteiger partial charge in [-0.25, -0.2) is 0 Å². The smallest absolute Gasteiger partial charge is 0.326 e. The lowest BCUT2D eigenvalue weighted by molar-refractivity contribution is -0.154. The molecule has 0 unspecified atom stereocenters. The summed E-state index contributed by atoms with van der Waals surface area (Å²) in [7, 11) is 0. The van der Waals surface area contributed by atoms with E-state index in [4.69, 9.17) is 10.00 Å². The van der Waals surface area contributed by atoms with E-state index >= 15 is 0 Å². The number of nitriles is 1. The fourth-order valence-corrected chi connectivity index (χ4v) is 4.01. The number of rotatable bonds is 7. The third-order valence-electron chi connectivity index (χ3n) is 4.70. The Morgan fingerprint density at radius 2 is 1.83 bits per heavy atom. The Morgan fingerprint density at radius 1 is 1.17 bits per heavy atom. The molecule has 0 aromatic heterocycles. The average Bonchev–Trinajstić information content (AvgIpc) is 2.97. The highest BCUT2D eigenvalue weighted by molar-refractivity contribution is 7.99. The Bertz CT molecular complexity index is 882. The van der Waals surface area contributed by atoms with Crippen LogP contribution in [0.4, 0.5) is 5.69 Å². The van der Waals surface area contributed by atoms with Crippen LogP contribution >= 0.6 is 11.8 Å². The van der Waals surface area contributed by atoms with Crippen molar-refractivity contribution >= 4 is 41.1 Å². The second-order valence-corrected chi connectivity index (χ2v) is 7.59. The fourth-order valence-electron chi connectivity index (χ4n) is 3.34. The van der Waals surface area contributed by atoms with E-state index in [9.17, 15) is 19.2 Å². The van der Waals surface area contributed by atoms with E-state index in [2.05, 4.69) is 5.32 Å². The number of amides is 3. The predicted octanol–water partition coefficient (Wildman–Crippen LogP) is 1.74. The van der Waals surface area contributed by atoms with E-state index in [0.29, 0.717) is 18.5 Å². The summed E-state index contributed by atoms with van der Waals surface area (Å²) < 4.78 is 4.94. The van der Waals surface area contributed by atoms with Crippen LogP contribution in [0.3, 0.4) is 0 Å². The quantitative estimate of drug-likeness (QED) is 0.313. The van der Waals surface area contributed by atoms with Gasteiger partial charge in [-0.05, 0) is 25.0 Å². The van der Waals surface area contributed by atoms with Gasteiger partial charge in [0.2, 0.25) is 11.8 Å². The van der Waals surface area contributed by atoms with Gasteiger partial charge in [0.25, 0.3) is 5.91 Å². The van der Waals surface area contributed by atoms with Gasteiger partial charge in [0.15, 0.2) is 6.61 Å². The zero-order chi connectivity index (χ0) is 20.8. The van der Waals surface area contributed by atoms with Crippen molar-refractivity contribution in [3.05, 3.63) is 36.4 Å². The summed E-state index contributed by atoms with van der Waals surface area (Å²) >= 11 is 1.27. The summed E-state index contributed by atoms with van der Waals surface area (Å²) in [5.41, 5.74) is 0.510. The molecule has 1 aromatic rings. The Kier molecular flexibility index (Phi) is 6.67. The number of fused-ring (bicyclic) bond motifs is 1. The lowest BCUT2D eigenvalue weighted by atomic mass is 9.85. The van der Waals surface area contributed by atoms with Crippen LogP contribution in [0.25, 0.3) is 0 Å². The van der Waals surface area contributed by atoms with E-state index in [1.54, 1.807) is 24.3 Å². The molecule has 3 amide bonds. The minimum absolute atomic E-state index is 0.233. The van der Waals surface area contributed by atoms with Crippen molar-refractivity contribution in [1.29, 1.82) is 5.26 Å². The largest absolute Gasteiger partial charge is 0.454 e. The van der Waals surface area contributed by atoms with Crippen LogP contribution in [0, 0.1) is 23.2 Å². The molecule has 1 N–H and O–H groups in total. The number of nitrogens with one attached hydrogen (secondary N) is 1. The monoisotopic (exact) mass is 413 g/mol. The van der Waals surface area contributed by atoms with E-state index in [1.165, 1.54) is 11.8 Å². The van der Waals surface area contributed by atoms with Gasteiger partial charge in [-0.15, -0.1) is 11.8 Å². The van der Waals surface area contributed by atoms with Crippen molar-refractivity contribution in [3.63, 3.8) is 0 Å². The van der Waals surface area contributed by atoms with Crippen LogP contribution in [-0.4, -0.2) is 47.5 Å². The van der Waals surface area contributed by atoms with Crippen LogP contribution in [0.2, 0.25) is 0 Å². The molecular weight excluding hydrogens is 394 g/mol. The average molecular weight is 413 g/mol. The molecule has 0 spiro atoms. The third kappa shape index (κ3) is 4.84. The number of carbonyl (C=O) groups excluding carboxylic acids is 4. The Labute approximate surface area is 171 Å². The number of likely N-dealkylation sites (tertiary alicyclic amines) is 1.